The molecule has 3 heterocycles. The average molecular weight is 449 g/mol. The predicted molar refractivity (Wildman–Crippen MR) is 128 cm³/mol. The van der Waals surface area contributed by atoms with Crippen molar-refractivity contribution in [1.82, 2.24) is 20.1 Å². The number of fused-ring (bicyclic) bond motifs is 1. The van der Waals surface area contributed by atoms with E-state index in [4.69, 9.17) is 9.15 Å². The molecule has 4 aromatic rings. The quantitative estimate of drug-likeness (QED) is 0.259. The summed E-state index contributed by atoms with van der Waals surface area (Å²) in [7, 11) is 0. The van der Waals surface area contributed by atoms with Gasteiger partial charge in [-0.2, -0.15) is 0 Å². The highest BCUT2D eigenvalue weighted by Crippen LogP contribution is 2.30. The van der Waals surface area contributed by atoms with Crippen molar-refractivity contribution in [3.8, 4) is 17.2 Å². The summed E-state index contributed by atoms with van der Waals surface area (Å²) < 4.78 is 11.8. The largest absolute Gasteiger partial charge is 0.494 e. The Kier molecular flexibility index (Phi) is 6.75. The van der Waals surface area contributed by atoms with Gasteiger partial charge in [0.25, 0.3) is 0 Å². The number of hydrogen-bond donors (Lipinski definition) is 1. The van der Waals surface area contributed by atoms with E-state index in [2.05, 4.69) is 32.2 Å². The van der Waals surface area contributed by atoms with Crippen LogP contribution in [0.25, 0.3) is 22.4 Å². The van der Waals surface area contributed by atoms with E-state index < -0.39 is 0 Å². The highest BCUT2D eigenvalue weighted by Gasteiger charge is 2.12. The Morgan fingerprint density at radius 3 is 2.72 bits per heavy atom. The first-order valence-electron chi connectivity index (χ1n) is 11.3. The maximum Gasteiger partial charge on any atom is 0.247 e. The topological polar surface area (TPSA) is 67.2 Å². The third-order valence-electron chi connectivity index (χ3n) is 5.81. The Hall–Kier alpha value is -2.77. The summed E-state index contributed by atoms with van der Waals surface area (Å²) in [5.74, 6) is 2.67. The van der Waals surface area contributed by atoms with Crippen LogP contribution < -0.4 is 4.74 Å². The van der Waals surface area contributed by atoms with Crippen LogP contribution >= 0.6 is 11.8 Å². The molecule has 2 aromatic carbocycles. The van der Waals surface area contributed by atoms with Gasteiger partial charge in [-0.3, -0.25) is 0 Å². The molecule has 0 unspecified atom stereocenters. The van der Waals surface area contributed by atoms with Crippen molar-refractivity contribution in [2.75, 3.05) is 26.2 Å². The fourth-order valence-corrected chi connectivity index (χ4v) is 4.96. The van der Waals surface area contributed by atoms with Crippen LogP contribution in [0.4, 0.5) is 0 Å². The van der Waals surface area contributed by atoms with E-state index >= 15 is 0 Å². The van der Waals surface area contributed by atoms with Gasteiger partial charge in [-0.15, -0.1) is 22.0 Å². The molecular weight excluding hydrogens is 420 g/mol. The Bertz CT molecular complexity index is 1130. The summed E-state index contributed by atoms with van der Waals surface area (Å²) in [5, 5.41) is 9.65. The molecule has 1 fully saturated rings. The van der Waals surface area contributed by atoms with Crippen molar-refractivity contribution < 1.29 is 9.15 Å². The Labute approximate surface area is 192 Å². The van der Waals surface area contributed by atoms with Crippen molar-refractivity contribution in [2.24, 2.45) is 0 Å². The molecule has 0 aliphatic carbocycles. The molecule has 1 aliphatic rings. The maximum absolute atomic E-state index is 5.91. The number of aromatic amines is 1. The fraction of sp³-hybridized carbons (Fsp3) is 0.360. The number of rotatable bonds is 9. The maximum atomic E-state index is 5.91. The van der Waals surface area contributed by atoms with Gasteiger partial charge in [-0.1, -0.05) is 24.6 Å². The van der Waals surface area contributed by atoms with Crippen LogP contribution in [0.1, 0.15) is 31.6 Å². The van der Waals surface area contributed by atoms with Crippen molar-refractivity contribution >= 4 is 22.7 Å². The number of H-pyrrole nitrogens is 1. The first-order valence-corrected chi connectivity index (χ1v) is 12.3. The number of piperidine rings is 1. The summed E-state index contributed by atoms with van der Waals surface area (Å²) in [6, 6.07) is 16.2. The zero-order chi connectivity index (χ0) is 21.6. The number of hydrogen-bond acceptors (Lipinski definition) is 6. The molecule has 1 aliphatic heterocycles. The smallest absolute Gasteiger partial charge is 0.247 e. The lowest BCUT2D eigenvalue weighted by atomic mass is 10.1. The Morgan fingerprint density at radius 1 is 1.00 bits per heavy atom. The van der Waals surface area contributed by atoms with E-state index in [0.717, 1.165) is 36.4 Å². The lowest BCUT2D eigenvalue weighted by molar-refractivity contribution is 0.205. The minimum atomic E-state index is 0.538. The summed E-state index contributed by atoms with van der Waals surface area (Å²) in [4.78, 5) is 7.02. The highest BCUT2D eigenvalue weighted by atomic mass is 32.2. The molecule has 0 atom stereocenters. The van der Waals surface area contributed by atoms with Crippen molar-refractivity contribution in [3.63, 3.8) is 0 Å². The first kappa shape index (κ1) is 21.1. The standard InChI is InChI=1S/C25H28N4O2S/c1-4-13-29(14-5-1)15-6-16-30-20-11-9-19(10-12-20)25-28-27-24(31-25)18-32-23-17-26-22-8-3-2-7-21(22)23/h2-3,7-12,17,26H,1,4-6,13-16,18H2. The molecule has 7 heteroatoms. The average Bonchev–Trinajstić information content (AvgIpc) is 3.49. The lowest BCUT2D eigenvalue weighted by Gasteiger charge is -2.26. The molecule has 32 heavy (non-hydrogen) atoms. The van der Waals surface area contributed by atoms with Crippen LogP contribution in [0, 0.1) is 0 Å². The third-order valence-corrected chi connectivity index (χ3v) is 6.85. The normalized spacial score (nSPS) is 14.8. The molecule has 6 nitrogen and oxygen atoms in total. The van der Waals surface area contributed by atoms with Crippen molar-refractivity contribution in [3.05, 3.63) is 60.6 Å². The molecule has 2 aromatic heterocycles. The second kappa shape index (κ2) is 10.2. The number of likely N-dealkylation sites (tertiary alicyclic amines) is 1. The van der Waals surface area contributed by atoms with E-state index in [1.165, 1.54) is 42.6 Å². The first-order chi connectivity index (χ1) is 15.8. The molecule has 0 saturated carbocycles. The number of para-hydroxylation sites is 1. The van der Waals surface area contributed by atoms with Crippen LogP contribution in [0.5, 0.6) is 5.75 Å². The molecule has 0 amide bonds. The number of nitrogens with zero attached hydrogens (tertiary/aromatic N) is 3. The molecule has 1 N–H and O–H groups in total. The van der Waals surface area contributed by atoms with E-state index in [1.807, 2.05) is 42.6 Å². The van der Waals surface area contributed by atoms with Crippen LogP contribution in [-0.4, -0.2) is 46.3 Å². The van der Waals surface area contributed by atoms with Gasteiger partial charge in [-0.25, -0.2) is 0 Å². The second-order valence-electron chi connectivity index (χ2n) is 8.12. The number of benzene rings is 2. The van der Waals surface area contributed by atoms with Crippen LogP contribution in [0.2, 0.25) is 0 Å². The highest BCUT2D eigenvalue weighted by molar-refractivity contribution is 7.98. The van der Waals surface area contributed by atoms with Gasteiger partial charge in [0, 0.05) is 34.1 Å². The van der Waals surface area contributed by atoms with E-state index in [0.29, 0.717) is 17.5 Å². The number of nitrogens with one attached hydrogen (secondary N) is 1. The van der Waals surface area contributed by atoms with Crippen LogP contribution in [0.15, 0.2) is 64.0 Å². The molecule has 0 bridgehead atoms. The molecule has 1 saturated heterocycles. The number of thioether (sulfide) groups is 1. The van der Waals surface area contributed by atoms with E-state index in [9.17, 15) is 0 Å². The summed E-state index contributed by atoms with van der Waals surface area (Å²) in [5.41, 5.74) is 2.04. The summed E-state index contributed by atoms with van der Waals surface area (Å²) >= 11 is 1.69. The number of aromatic nitrogens is 3. The molecule has 0 spiro atoms. The van der Waals surface area contributed by atoms with Crippen molar-refractivity contribution in [1.29, 1.82) is 0 Å². The predicted octanol–water partition coefficient (Wildman–Crippen LogP) is 5.77. The molecular formula is C25H28N4O2S. The minimum Gasteiger partial charge on any atom is -0.494 e. The third kappa shape index (κ3) is 5.16. The zero-order valence-electron chi connectivity index (χ0n) is 18.1. The van der Waals surface area contributed by atoms with Gasteiger partial charge in [0.2, 0.25) is 11.8 Å². The Balaban J connectivity index is 1.11. The molecule has 0 radical (unpaired) electrons. The van der Waals surface area contributed by atoms with Gasteiger partial charge in [0.1, 0.15) is 5.75 Å². The van der Waals surface area contributed by atoms with Gasteiger partial charge in [-0.05, 0) is 62.7 Å². The SMILES string of the molecule is c1ccc2c(SCc3nnc(-c4ccc(OCCCN5CCCCC5)cc4)o3)c[nH]c2c1. The van der Waals surface area contributed by atoms with Gasteiger partial charge >= 0.3 is 0 Å². The van der Waals surface area contributed by atoms with E-state index in [-0.39, 0.29) is 0 Å². The second-order valence-corrected chi connectivity index (χ2v) is 9.13. The lowest BCUT2D eigenvalue weighted by Crippen LogP contribution is -2.31. The van der Waals surface area contributed by atoms with Gasteiger partial charge in [0.15, 0.2) is 0 Å². The fourth-order valence-electron chi connectivity index (χ4n) is 4.09. The summed E-state index contributed by atoms with van der Waals surface area (Å²) in [6.07, 6.45) is 7.13. The van der Waals surface area contributed by atoms with Gasteiger partial charge in [0.05, 0.1) is 12.4 Å². The van der Waals surface area contributed by atoms with E-state index in [1.54, 1.807) is 11.8 Å². The van der Waals surface area contributed by atoms with Gasteiger partial charge < -0.3 is 19.0 Å². The van der Waals surface area contributed by atoms with Crippen molar-refractivity contribution in [2.45, 2.75) is 36.3 Å². The molecule has 5 rings (SSSR count). The summed E-state index contributed by atoms with van der Waals surface area (Å²) in [6.45, 7) is 4.34. The van der Waals surface area contributed by atoms with Crippen LogP contribution in [-0.2, 0) is 5.75 Å². The molecule has 166 valence electrons. The minimum absolute atomic E-state index is 0.538. The van der Waals surface area contributed by atoms with Crippen LogP contribution in [0.3, 0.4) is 0 Å². The Morgan fingerprint density at radius 2 is 1.84 bits per heavy atom. The number of ether oxygens (including phenoxy) is 1. The monoisotopic (exact) mass is 448 g/mol. The zero-order valence-corrected chi connectivity index (χ0v) is 18.9.